The number of aliphatic imine (C=N–C) groups is 1. The number of rotatable bonds is 2. The summed E-state index contributed by atoms with van der Waals surface area (Å²) in [7, 11) is 0. The van der Waals surface area contributed by atoms with E-state index >= 15 is 0 Å². The molecule has 1 aliphatic heterocycles. The summed E-state index contributed by atoms with van der Waals surface area (Å²) in [5, 5.41) is 16.5. The molecule has 3 aromatic rings. The lowest BCUT2D eigenvalue weighted by molar-refractivity contribution is -0.115. The molecule has 122 valence electrons. The number of anilines is 1. The molecule has 1 aliphatic rings. The summed E-state index contributed by atoms with van der Waals surface area (Å²) in [6, 6.07) is 18.3. The van der Waals surface area contributed by atoms with Gasteiger partial charge in [0, 0.05) is 11.1 Å². The van der Waals surface area contributed by atoms with Crippen LogP contribution >= 0.6 is 0 Å². The Kier molecular flexibility index (Phi) is 3.63. The minimum absolute atomic E-state index is 0.101. The van der Waals surface area contributed by atoms with E-state index in [1.54, 1.807) is 24.3 Å². The maximum atomic E-state index is 12.1. The standard InChI is InChI=1S/C19H14N4O2/c24-16-8-4-5-12-9-10-14(20-17(12)16)11-15-18(25)23-19(22-15)21-13-6-2-1-3-7-13/h1-11,24H,(H2,21,22,23,25)/b15-11-. The van der Waals surface area contributed by atoms with Gasteiger partial charge < -0.3 is 10.4 Å². The Morgan fingerprint density at radius 3 is 2.68 bits per heavy atom. The summed E-state index contributed by atoms with van der Waals surface area (Å²) in [6.45, 7) is 0. The minimum atomic E-state index is -0.308. The van der Waals surface area contributed by atoms with Gasteiger partial charge in [0.25, 0.3) is 5.91 Å². The molecular formula is C19H14N4O2. The van der Waals surface area contributed by atoms with E-state index in [0.717, 1.165) is 11.1 Å². The van der Waals surface area contributed by atoms with E-state index in [1.807, 2.05) is 42.5 Å². The van der Waals surface area contributed by atoms with E-state index in [4.69, 9.17) is 0 Å². The molecule has 1 amide bonds. The second-order valence-corrected chi connectivity index (χ2v) is 5.52. The molecule has 0 bridgehead atoms. The Labute approximate surface area is 143 Å². The Balaban J connectivity index is 1.64. The van der Waals surface area contributed by atoms with Crippen LogP contribution in [0.1, 0.15) is 5.69 Å². The highest BCUT2D eigenvalue weighted by Gasteiger charge is 2.20. The van der Waals surface area contributed by atoms with E-state index in [2.05, 4.69) is 20.6 Å². The van der Waals surface area contributed by atoms with Gasteiger partial charge in [-0.25, -0.2) is 9.98 Å². The van der Waals surface area contributed by atoms with Gasteiger partial charge in [-0.2, -0.15) is 0 Å². The Morgan fingerprint density at radius 1 is 1.00 bits per heavy atom. The summed E-state index contributed by atoms with van der Waals surface area (Å²) in [5.41, 5.74) is 2.11. The van der Waals surface area contributed by atoms with Crippen molar-refractivity contribution >= 4 is 34.5 Å². The summed E-state index contributed by atoms with van der Waals surface area (Å²) in [5.74, 6) is 0.159. The maximum Gasteiger partial charge on any atom is 0.276 e. The molecule has 4 rings (SSSR count). The van der Waals surface area contributed by atoms with Gasteiger partial charge in [-0.15, -0.1) is 0 Å². The van der Waals surface area contributed by atoms with E-state index < -0.39 is 0 Å². The molecule has 2 heterocycles. The molecule has 0 atom stereocenters. The van der Waals surface area contributed by atoms with Crippen LogP contribution in [0.2, 0.25) is 0 Å². The van der Waals surface area contributed by atoms with E-state index in [1.165, 1.54) is 0 Å². The lowest BCUT2D eigenvalue weighted by Gasteiger charge is -2.03. The van der Waals surface area contributed by atoms with Crippen LogP contribution in [-0.2, 0) is 4.79 Å². The highest BCUT2D eigenvalue weighted by Crippen LogP contribution is 2.23. The number of pyridine rings is 1. The molecular weight excluding hydrogens is 316 g/mol. The zero-order chi connectivity index (χ0) is 17.2. The van der Waals surface area contributed by atoms with Gasteiger partial charge in [-0.1, -0.05) is 36.4 Å². The summed E-state index contributed by atoms with van der Waals surface area (Å²) < 4.78 is 0. The average molecular weight is 330 g/mol. The van der Waals surface area contributed by atoms with Gasteiger partial charge >= 0.3 is 0 Å². The number of carbonyl (C=O) groups excluding carboxylic acids is 1. The van der Waals surface area contributed by atoms with Crippen molar-refractivity contribution in [2.75, 3.05) is 5.32 Å². The molecule has 25 heavy (non-hydrogen) atoms. The Hall–Kier alpha value is -3.67. The smallest absolute Gasteiger partial charge is 0.276 e. The zero-order valence-corrected chi connectivity index (χ0v) is 13.1. The molecule has 1 aromatic heterocycles. The van der Waals surface area contributed by atoms with Crippen LogP contribution in [0.4, 0.5) is 5.69 Å². The van der Waals surface area contributed by atoms with Crippen molar-refractivity contribution in [2.24, 2.45) is 4.99 Å². The van der Waals surface area contributed by atoms with Crippen molar-refractivity contribution in [3.63, 3.8) is 0 Å². The number of aromatic nitrogens is 1. The third kappa shape index (κ3) is 3.05. The number of fused-ring (bicyclic) bond motifs is 1. The highest BCUT2D eigenvalue weighted by atomic mass is 16.3. The van der Waals surface area contributed by atoms with Crippen LogP contribution in [0.3, 0.4) is 0 Å². The monoisotopic (exact) mass is 330 g/mol. The molecule has 0 saturated heterocycles. The number of benzene rings is 2. The van der Waals surface area contributed by atoms with Gasteiger partial charge in [0.2, 0.25) is 5.96 Å². The SMILES string of the molecule is O=C1NC(Nc2ccccc2)=N/C1=C\c1ccc2cccc(O)c2n1. The first kappa shape index (κ1) is 14.9. The number of phenols is 1. The summed E-state index contributed by atoms with van der Waals surface area (Å²) in [4.78, 5) is 20.7. The van der Waals surface area contributed by atoms with Gasteiger partial charge in [0.05, 0.1) is 5.69 Å². The number of hydrogen-bond acceptors (Lipinski definition) is 5. The van der Waals surface area contributed by atoms with Crippen molar-refractivity contribution in [3.8, 4) is 5.75 Å². The first-order valence-corrected chi connectivity index (χ1v) is 7.71. The van der Waals surface area contributed by atoms with Crippen LogP contribution in [0.5, 0.6) is 5.75 Å². The Bertz CT molecular complexity index is 1030. The number of para-hydroxylation sites is 2. The number of guanidine groups is 1. The van der Waals surface area contributed by atoms with Crippen LogP contribution in [0.15, 0.2) is 71.4 Å². The molecule has 0 saturated carbocycles. The summed E-state index contributed by atoms with van der Waals surface area (Å²) >= 11 is 0. The van der Waals surface area contributed by atoms with Crippen LogP contribution in [0.25, 0.3) is 17.0 Å². The van der Waals surface area contributed by atoms with Crippen LogP contribution in [0, 0.1) is 0 Å². The topological polar surface area (TPSA) is 86.6 Å². The molecule has 2 aromatic carbocycles. The second kappa shape index (κ2) is 6.09. The third-order valence-corrected chi connectivity index (χ3v) is 3.74. The van der Waals surface area contributed by atoms with Crippen LogP contribution in [-0.4, -0.2) is 22.0 Å². The maximum absolute atomic E-state index is 12.1. The fourth-order valence-corrected chi connectivity index (χ4v) is 2.55. The quantitative estimate of drug-likeness (QED) is 0.631. The van der Waals surface area contributed by atoms with E-state index in [-0.39, 0.29) is 17.4 Å². The lowest BCUT2D eigenvalue weighted by Crippen LogP contribution is -2.29. The second-order valence-electron chi connectivity index (χ2n) is 5.52. The van der Waals surface area contributed by atoms with Crippen molar-refractivity contribution in [1.29, 1.82) is 0 Å². The highest BCUT2D eigenvalue weighted by molar-refractivity contribution is 6.17. The van der Waals surface area contributed by atoms with Gasteiger partial charge in [-0.05, 0) is 30.3 Å². The van der Waals surface area contributed by atoms with Crippen molar-refractivity contribution in [3.05, 3.63) is 72.1 Å². The van der Waals surface area contributed by atoms with Gasteiger partial charge in [0.15, 0.2) is 0 Å². The van der Waals surface area contributed by atoms with Crippen molar-refractivity contribution < 1.29 is 9.90 Å². The van der Waals surface area contributed by atoms with Crippen LogP contribution < -0.4 is 10.6 Å². The molecule has 3 N–H and O–H groups in total. The number of nitrogens with one attached hydrogen (secondary N) is 2. The molecule has 0 unspecified atom stereocenters. The molecule has 0 aliphatic carbocycles. The first-order chi connectivity index (χ1) is 12.2. The average Bonchev–Trinajstić information content (AvgIpc) is 2.96. The lowest BCUT2D eigenvalue weighted by atomic mass is 10.2. The van der Waals surface area contributed by atoms with Crippen molar-refractivity contribution in [2.45, 2.75) is 0 Å². The molecule has 0 fully saturated rings. The van der Waals surface area contributed by atoms with E-state index in [9.17, 15) is 9.90 Å². The van der Waals surface area contributed by atoms with Gasteiger partial charge in [0.1, 0.15) is 17.0 Å². The minimum Gasteiger partial charge on any atom is -0.506 e. The molecule has 0 radical (unpaired) electrons. The number of amides is 1. The van der Waals surface area contributed by atoms with E-state index in [0.29, 0.717) is 17.2 Å². The molecule has 0 spiro atoms. The number of phenolic OH excluding ortho intramolecular Hbond substituents is 1. The third-order valence-electron chi connectivity index (χ3n) is 3.74. The Morgan fingerprint density at radius 2 is 1.84 bits per heavy atom. The zero-order valence-electron chi connectivity index (χ0n) is 13.1. The first-order valence-electron chi connectivity index (χ1n) is 7.71. The molecule has 6 nitrogen and oxygen atoms in total. The number of hydrogen-bond donors (Lipinski definition) is 3. The van der Waals surface area contributed by atoms with Gasteiger partial charge in [-0.3, -0.25) is 10.1 Å². The fourth-order valence-electron chi connectivity index (χ4n) is 2.55. The number of carbonyl (C=O) groups is 1. The predicted molar refractivity (Wildman–Crippen MR) is 97.0 cm³/mol. The number of aromatic hydroxyl groups is 1. The summed E-state index contributed by atoms with van der Waals surface area (Å²) in [6.07, 6.45) is 1.58. The normalized spacial score (nSPS) is 15.3. The van der Waals surface area contributed by atoms with Crippen molar-refractivity contribution in [1.82, 2.24) is 10.3 Å². The predicted octanol–water partition coefficient (Wildman–Crippen LogP) is 2.88. The molecule has 6 heteroatoms. The number of nitrogens with zero attached hydrogens (tertiary/aromatic N) is 2. The fraction of sp³-hybridized carbons (Fsp3) is 0. The largest absolute Gasteiger partial charge is 0.506 e.